The molecule has 1 aromatic rings. The van der Waals surface area contributed by atoms with Crippen LogP contribution in [0.1, 0.15) is 74.2 Å². The van der Waals surface area contributed by atoms with Gasteiger partial charge in [0.2, 0.25) is 11.8 Å². The van der Waals surface area contributed by atoms with E-state index in [-0.39, 0.29) is 23.8 Å². The van der Waals surface area contributed by atoms with Gasteiger partial charge in [-0.25, -0.2) is 4.31 Å². The minimum Gasteiger partial charge on any atom is -0.349 e. The summed E-state index contributed by atoms with van der Waals surface area (Å²) in [4.78, 5) is 41.1. The normalized spacial score (nSPS) is 28.0. The Hall–Kier alpha value is -1.81. The number of fused-ring (bicyclic) bond motifs is 3. The predicted octanol–water partition coefficient (Wildman–Crippen LogP) is 4.18. The van der Waals surface area contributed by atoms with Gasteiger partial charge in [0.25, 0.3) is 5.91 Å². The Morgan fingerprint density at radius 3 is 2.35 bits per heavy atom. The molecule has 0 spiro atoms. The van der Waals surface area contributed by atoms with Crippen LogP contribution in [0, 0.1) is 11.8 Å². The van der Waals surface area contributed by atoms with Crippen LogP contribution in [0.2, 0.25) is 5.02 Å². The Labute approximate surface area is 247 Å². The number of piperidine rings is 3. The van der Waals surface area contributed by atoms with E-state index in [1.54, 1.807) is 19.1 Å². The van der Waals surface area contributed by atoms with Crippen molar-refractivity contribution in [1.29, 1.82) is 0 Å². The Bertz CT molecular complexity index is 1120. The molecule has 0 aliphatic carbocycles. The number of carbonyl (C=O) groups excluding carboxylic acids is 3. The molecule has 5 aliphatic heterocycles. The molecule has 0 aromatic heterocycles. The Balaban J connectivity index is 0.928. The van der Waals surface area contributed by atoms with E-state index in [0.717, 1.165) is 56.2 Å². The highest BCUT2D eigenvalue weighted by molar-refractivity contribution is 7.97. The smallest absolute Gasteiger partial charge is 0.253 e. The second-order valence-electron chi connectivity index (χ2n) is 12.6. The lowest BCUT2D eigenvalue weighted by atomic mass is 9.93. The quantitative estimate of drug-likeness (QED) is 0.466. The summed E-state index contributed by atoms with van der Waals surface area (Å²) in [5.74, 6) is 2.75. The van der Waals surface area contributed by atoms with E-state index in [1.165, 1.54) is 51.1 Å². The van der Waals surface area contributed by atoms with Crippen molar-refractivity contribution in [2.75, 3.05) is 43.8 Å². The van der Waals surface area contributed by atoms with Crippen molar-refractivity contribution in [1.82, 2.24) is 19.4 Å². The molecule has 2 N–H and O–H groups in total. The number of amides is 3. The number of hydrogen-bond acceptors (Lipinski definition) is 6. The van der Waals surface area contributed by atoms with Crippen molar-refractivity contribution >= 4 is 47.0 Å². The summed E-state index contributed by atoms with van der Waals surface area (Å²) in [7, 11) is 0. The van der Waals surface area contributed by atoms with Crippen molar-refractivity contribution < 1.29 is 14.4 Å². The monoisotopic (exact) mass is 587 g/mol. The third-order valence-electron chi connectivity index (χ3n) is 9.81. The van der Waals surface area contributed by atoms with Crippen LogP contribution in [0.25, 0.3) is 0 Å². The second-order valence-corrected chi connectivity index (χ2v) is 14.0. The number of anilines is 1. The molecule has 5 aliphatic rings. The zero-order valence-corrected chi connectivity index (χ0v) is 25.1. The molecule has 1 aromatic carbocycles. The van der Waals surface area contributed by atoms with Crippen LogP contribution in [0.15, 0.2) is 12.1 Å². The topological polar surface area (TPSA) is 85.0 Å². The van der Waals surface area contributed by atoms with Gasteiger partial charge in [0, 0.05) is 56.1 Å². The van der Waals surface area contributed by atoms with Gasteiger partial charge in [0.1, 0.15) is 0 Å². The molecule has 3 atom stereocenters. The lowest BCUT2D eigenvalue weighted by molar-refractivity contribution is -0.130. The van der Waals surface area contributed by atoms with E-state index in [0.29, 0.717) is 34.8 Å². The molecule has 4 fully saturated rings. The molecule has 2 bridgehead atoms. The lowest BCUT2D eigenvalue weighted by Gasteiger charge is -2.40. The van der Waals surface area contributed by atoms with Gasteiger partial charge in [-0.15, -0.1) is 0 Å². The Morgan fingerprint density at radius 1 is 1.00 bits per heavy atom. The van der Waals surface area contributed by atoms with Crippen molar-refractivity contribution in [3.63, 3.8) is 0 Å². The summed E-state index contributed by atoms with van der Waals surface area (Å²) in [5, 5.41) is 6.44. The molecule has 40 heavy (non-hydrogen) atoms. The molecule has 3 amide bonds. The van der Waals surface area contributed by atoms with Crippen LogP contribution in [0.3, 0.4) is 0 Å². The number of nitrogens with one attached hydrogen (secondary N) is 2. The fraction of sp³-hybridized carbons (Fsp3) is 0.700. The molecule has 8 nitrogen and oxygen atoms in total. The highest BCUT2D eigenvalue weighted by Crippen LogP contribution is 2.42. The van der Waals surface area contributed by atoms with Gasteiger partial charge in [-0.1, -0.05) is 23.5 Å². The summed E-state index contributed by atoms with van der Waals surface area (Å²) in [6, 6.07) is 4.67. The molecular weight excluding hydrogens is 546 g/mol. The summed E-state index contributed by atoms with van der Waals surface area (Å²) < 4.78 is 2.66. The molecular formula is C30H42ClN5O3S. The zero-order chi connectivity index (χ0) is 27.8. The van der Waals surface area contributed by atoms with E-state index in [2.05, 4.69) is 31.8 Å². The van der Waals surface area contributed by atoms with Gasteiger partial charge < -0.3 is 20.4 Å². The maximum absolute atomic E-state index is 13.1. The van der Waals surface area contributed by atoms with Crippen LogP contribution in [-0.2, 0) is 16.0 Å². The van der Waals surface area contributed by atoms with Crippen molar-refractivity contribution in [2.45, 2.75) is 82.8 Å². The number of carbonyl (C=O) groups is 3. The molecule has 0 radical (unpaired) electrons. The fourth-order valence-electron chi connectivity index (χ4n) is 7.47. The lowest BCUT2D eigenvalue weighted by Crippen LogP contribution is -2.48. The predicted molar refractivity (Wildman–Crippen MR) is 160 cm³/mol. The minimum atomic E-state index is -0.131. The van der Waals surface area contributed by atoms with Gasteiger partial charge in [-0.05, 0) is 94.0 Å². The minimum absolute atomic E-state index is 0.0571. The standard InChI is InChI=1S/C30H42ClN5O3S/c1-19(37)35-10-6-20(7-11-35)17-34-8-4-21(5-9-34)18-40-36-24-2-3-25(36)15-23(14-24)32-30(39)26-12-22-13-29(38)33-28(22)16-27(26)31/h12,16,20-21,23-25H,2-11,13-15,17-18H2,1H3,(H,32,39)(H,33,38)/t23?,24-,25+. The van der Waals surface area contributed by atoms with Gasteiger partial charge in [0.05, 0.1) is 17.0 Å². The number of likely N-dealkylation sites (tertiary alicyclic amines) is 2. The number of halogens is 1. The molecule has 1 unspecified atom stereocenters. The average Bonchev–Trinajstić information content (AvgIpc) is 3.41. The first-order valence-electron chi connectivity index (χ1n) is 15.1. The van der Waals surface area contributed by atoms with Crippen LogP contribution >= 0.6 is 23.5 Å². The van der Waals surface area contributed by atoms with E-state index < -0.39 is 0 Å². The molecule has 6 rings (SSSR count). The highest BCUT2D eigenvalue weighted by atomic mass is 35.5. The van der Waals surface area contributed by atoms with Gasteiger partial charge >= 0.3 is 0 Å². The number of nitrogens with zero attached hydrogens (tertiary/aromatic N) is 3. The maximum Gasteiger partial charge on any atom is 0.253 e. The number of hydrogen-bond donors (Lipinski definition) is 2. The van der Waals surface area contributed by atoms with Gasteiger partial charge in [-0.3, -0.25) is 14.4 Å². The average molecular weight is 588 g/mol. The molecule has 218 valence electrons. The summed E-state index contributed by atoms with van der Waals surface area (Å²) >= 11 is 8.47. The Morgan fingerprint density at radius 2 is 1.68 bits per heavy atom. The number of rotatable bonds is 7. The summed E-state index contributed by atoms with van der Waals surface area (Å²) in [5.41, 5.74) is 2.02. The zero-order valence-electron chi connectivity index (χ0n) is 23.5. The van der Waals surface area contributed by atoms with Gasteiger partial charge in [-0.2, -0.15) is 0 Å². The first-order chi connectivity index (χ1) is 19.3. The van der Waals surface area contributed by atoms with Crippen molar-refractivity contribution in [3.8, 4) is 0 Å². The third kappa shape index (κ3) is 6.32. The second kappa shape index (κ2) is 12.2. The van der Waals surface area contributed by atoms with E-state index >= 15 is 0 Å². The van der Waals surface area contributed by atoms with Crippen LogP contribution < -0.4 is 10.6 Å². The first kappa shape index (κ1) is 28.3. The Kier molecular flexibility index (Phi) is 8.64. The third-order valence-corrected chi connectivity index (χ3v) is 11.6. The van der Waals surface area contributed by atoms with Crippen molar-refractivity contribution in [2.24, 2.45) is 11.8 Å². The van der Waals surface area contributed by atoms with E-state index in [9.17, 15) is 14.4 Å². The molecule has 4 saturated heterocycles. The maximum atomic E-state index is 13.1. The fourth-order valence-corrected chi connectivity index (χ4v) is 9.24. The van der Waals surface area contributed by atoms with Crippen LogP contribution in [0.4, 0.5) is 5.69 Å². The highest BCUT2D eigenvalue weighted by Gasteiger charge is 2.42. The SMILES string of the molecule is CC(=O)N1CCC(CN2CCC(CSN3[C@@H]4CC[C@H]3CC(NC(=O)c3cc5c(cc3Cl)NC(=O)C5)C4)CC2)CC1. The number of benzene rings is 1. The molecule has 10 heteroatoms. The molecule has 0 saturated carbocycles. The van der Waals surface area contributed by atoms with E-state index in [1.807, 2.05) is 4.90 Å². The van der Waals surface area contributed by atoms with Crippen LogP contribution in [-0.4, -0.2) is 88.4 Å². The summed E-state index contributed by atoms with van der Waals surface area (Å²) in [6.07, 6.45) is 9.54. The van der Waals surface area contributed by atoms with Crippen LogP contribution in [0.5, 0.6) is 0 Å². The van der Waals surface area contributed by atoms with E-state index in [4.69, 9.17) is 11.6 Å². The van der Waals surface area contributed by atoms with Gasteiger partial charge in [0.15, 0.2) is 0 Å². The first-order valence-corrected chi connectivity index (χ1v) is 16.5. The molecule has 5 heterocycles. The largest absolute Gasteiger partial charge is 0.349 e. The van der Waals surface area contributed by atoms with Crippen molar-refractivity contribution in [3.05, 3.63) is 28.3 Å². The summed E-state index contributed by atoms with van der Waals surface area (Å²) in [6.45, 7) is 7.14.